The summed E-state index contributed by atoms with van der Waals surface area (Å²) in [6.07, 6.45) is -0.611. The Morgan fingerprint density at radius 1 is 0.673 bits per heavy atom. The zero-order valence-electron chi connectivity index (χ0n) is 26.5. The Hall–Kier alpha value is -4.02. The Bertz CT molecular complexity index is 1720. The highest BCUT2D eigenvalue weighted by Gasteiger charge is 2.45. The summed E-state index contributed by atoms with van der Waals surface area (Å²) in [5.41, 5.74) is -2.51. The highest BCUT2D eigenvalue weighted by molar-refractivity contribution is 5.71. The Balaban J connectivity index is 1.26. The molecule has 0 unspecified atom stereocenters. The first kappa shape index (κ1) is 36.3. The molecule has 0 radical (unpaired) electrons. The van der Waals surface area contributed by atoms with Gasteiger partial charge in [-0.3, -0.25) is 0 Å². The molecule has 4 aromatic carbocycles. The van der Waals surface area contributed by atoms with Gasteiger partial charge in [-0.05, 0) is 102 Å². The van der Waals surface area contributed by atoms with Crippen LogP contribution in [-0.2, 0) is 12.0 Å². The molecule has 0 atom stereocenters. The molecule has 0 amide bonds. The maximum absolute atomic E-state index is 15.1. The SMILES string of the molecule is CCCCCC1CCC(c2cc(F)c(C(F)(F)Oc3ccc(-c4ccc(-c5ccc(C(F)(F)C(F)F)c(F)c5)c(F)c4)cc3)c(F)c2)CC1. The molecule has 49 heavy (non-hydrogen) atoms. The molecule has 0 bridgehead atoms. The van der Waals surface area contributed by atoms with Gasteiger partial charge in [0, 0.05) is 5.56 Å². The van der Waals surface area contributed by atoms with E-state index in [9.17, 15) is 22.0 Å². The van der Waals surface area contributed by atoms with Crippen molar-refractivity contribution in [2.45, 2.75) is 82.7 Å². The van der Waals surface area contributed by atoms with E-state index in [-0.39, 0.29) is 22.6 Å². The summed E-state index contributed by atoms with van der Waals surface area (Å²) in [6, 6.07) is 12.2. The third-order valence-electron chi connectivity index (χ3n) is 9.21. The van der Waals surface area contributed by atoms with Crippen LogP contribution in [-0.4, -0.2) is 6.43 Å². The molecule has 0 aromatic heterocycles. The highest BCUT2D eigenvalue weighted by Crippen LogP contribution is 2.42. The van der Waals surface area contributed by atoms with Gasteiger partial charge in [-0.1, -0.05) is 62.9 Å². The molecule has 1 aliphatic rings. The monoisotopic (exact) mass is 696 g/mol. The molecule has 0 N–H and O–H groups in total. The topological polar surface area (TPSA) is 9.23 Å². The maximum Gasteiger partial charge on any atom is 0.432 e. The van der Waals surface area contributed by atoms with Crippen LogP contribution in [0.4, 0.5) is 43.9 Å². The molecule has 1 saturated carbocycles. The van der Waals surface area contributed by atoms with E-state index < -0.39 is 58.6 Å². The molecule has 11 heteroatoms. The Kier molecular flexibility index (Phi) is 11.0. The fourth-order valence-electron chi connectivity index (χ4n) is 6.49. The number of alkyl halides is 6. The molecular formula is C38H34F10O. The van der Waals surface area contributed by atoms with Crippen molar-refractivity contribution in [2.24, 2.45) is 5.92 Å². The van der Waals surface area contributed by atoms with Crippen molar-refractivity contribution in [1.82, 2.24) is 0 Å². The minimum atomic E-state index is -4.73. The summed E-state index contributed by atoms with van der Waals surface area (Å²) < 4.78 is 147. The van der Waals surface area contributed by atoms with Gasteiger partial charge in [-0.25, -0.2) is 26.3 Å². The summed E-state index contributed by atoms with van der Waals surface area (Å²) in [5.74, 6) is -10.1. The second kappa shape index (κ2) is 14.8. The van der Waals surface area contributed by atoms with Gasteiger partial charge in [0.05, 0.1) is 5.56 Å². The maximum atomic E-state index is 15.1. The molecule has 4 aromatic rings. The standard InChI is InChI=1S/C38H34F10O/c1-2-3-4-5-22-6-8-24(9-7-22)27-20-33(41)35(34(42)21-27)38(47,48)49-28-14-10-23(11-15-28)25-12-16-29(31(39)18-25)26-13-17-30(32(40)19-26)37(45,46)36(43)44/h10-22,24,36H,2-9H2,1H3. The van der Waals surface area contributed by atoms with E-state index in [0.717, 1.165) is 81.3 Å². The van der Waals surface area contributed by atoms with E-state index in [0.29, 0.717) is 29.2 Å². The molecular weight excluding hydrogens is 662 g/mol. The summed E-state index contributed by atoms with van der Waals surface area (Å²) >= 11 is 0. The zero-order chi connectivity index (χ0) is 35.5. The van der Waals surface area contributed by atoms with Crippen molar-refractivity contribution >= 4 is 0 Å². The normalized spacial score (nSPS) is 17.1. The number of unbranched alkanes of at least 4 members (excludes halogenated alkanes) is 2. The summed E-state index contributed by atoms with van der Waals surface area (Å²) in [6.45, 7) is 2.14. The molecule has 0 aliphatic heterocycles. The first-order valence-electron chi connectivity index (χ1n) is 16.1. The third-order valence-corrected chi connectivity index (χ3v) is 9.21. The van der Waals surface area contributed by atoms with Gasteiger partial charge in [0.1, 0.15) is 34.6 Å². The summed E-state index contributed by atoms with van der Waals surface area (Å²) in [5, 5.41) is 0. The molecule has 0 saturated heterocycles. The van der Waals surface area contributed by atoms with Gasteiger partial charge in [0.15, 0.2) is 0 Å². The first-order valence-corrected chi connectivity index (χ1v) is 16.1. The van der Waals surface area contributed by atoms with Crippen molar-refractivity contribution in [3.05, 3.63) is 113 Å². The van der Waals surface area contributed by atoms with Gasteiger partial charge in [-0.2, -0.15) is 17.6 Å². The van der Waals surface area contributed by atoms with E-state index in [1.54, 1.807) is 0 Å². The highest BCUT2D eigenvalue weighted by atomic mass is 19.3. The lowest BCUT2D eigenvalue weighted by atomic mass is 9.77. The van der Waals surface area contributed by atoms with Gasteiger partial charge in [0.25, 0.3) is 0 Å². The number of ether oxygens (including phenoxy) is 1. The first-order chi connectivity index (χ1) is 23.2. The second-order valence-electron chi connectivity index (χ2n) is 12.5. The Morgan fingerprint density at radius 2 is 1.27 bits per heavy atom. The molecule has 262 valence electrons. The van der Waals surface area contributed by atoms with Gasteiger partial charge in [-0.15, -0.1) is 0 Å². The van der Waals surface area contributed by atoms with Gasteiger partial charge in [0.2, 0.25) is 0 Å². The van der Waals surface area contributed by atoms with Gasteiger partial charge >= 0.3 is 18.5 Å². The minimum absolute atomic E-state index is 0.117. The number of halogens is 10. The van der Waals surface area contributed by atoms with Crippen LogP contribution in [0.25, 0.3) is 22.3 Å². The van der Waals surface area contributed by atoms with E-state index >= 15 is 22.0 Å². The predicted molar refractivity (Wildman–Crippen MR) is 167 cm³/mol. The average molecular weight is 697 g/mol. The van der Waals surface area contributed by atoms with Crippen molar-refractivity contribution in [3.8, 4) is 28.0 Å². The van der Waals surface area contributed by atoms with Crippen molar-refractivity contribution in [2.75, 3.05) is 0 Å². The zero-order valence-corrected chi connectivity index (χ0v) is 26.5. The van der Waals surface area contributed by atoms with Crippen LogP contribution in [0, 0.1) is 29.2 Å². The molecule has 5 rings (SSSR count). The largest absolute Gasteiger partial charge is 0.432 e. The molecule has 1 nitrogen and oxygen atoms in total. The lowest BCUT2D eigenvalue weighted by molar-refractivity contribution is -0.189. The Labute approximate surface area is 277 Å². The van der Waals surface area contributed by atoms with E-state index in [1.807, 2.05) is 0 Å². The number of rotatable bonds is 12. The van der Waals surface area contributed by atoms with E-state index in [2.05, 4.69) is 6.92 Å². The molecule has 0 spiro atoms. The fraction of sp³-hybridized carbons (Fsp3) is 0.368. The van der Waals surface area contributed by atoms with Crippen LogP contribution in [0.1, 0.15) is 80.9 Å². The smallest absolute Gasteiger partial charge is 0.429 e. The second-order valence-corrected chi connectivity index (χ2v) is 12.5. The van der Waals surface area contributed by atoms with Crippen LogP contribution >= 0.6 is 0 Å². The minimum Gasteiger partial charge on any atom is -0.429 e. The van der Waals surface area contributed by atoms with Crippen molar-refractivity contribution in [3.63, 3.8) is 0 Å². The molecule has 1 fully saturated rings. The Morgan fingerprint density at radius 3 is 1.84 bits per heavy atom. The van der Waals surface area contributed by atoms with Crippen LogP contribution in [0.5, 0.6) is 5.75 Å². The van der Waals surface area contributed by atoms with Crippen LogP contribution < -0.4 is 4.74 Å². The number of benzene rings is 4. The quantitative estimate of drug-likeness (QED) is 0.106. The lowest BCUT2D eigenvalue weighted by Gasteiger charge is -2.29. The van der Waals surface area contributed by atoms with E-state index in [1.165, 1.54) is 30.7 Å². The summed E-state index contributed by atoms with van der Waals surface area (Å²) in [7, 11) is 0. The van der Waals surface area contributed by atoms with Crippen molar-refractivity contribution < 1.29 is 48.6 Å². The van der Waals surface area contributed by atoms with E-state index in [4.69, 9.17) is 4.74 Å². The number of hydrogen-bond acceptors (Lipinski definition) is 1. The lowest BCUT2D eigenvalue weighted by Crippen LogP contribution is -2.25. The van der Waals surface area contributed by atoms with Gasteiger partial charge < -0.3 is 4.74 Å². The third kappa shape index (κ3) is 8.07. The predicted octanol–water partition coefficient (Wildman–Crippen LogP) is 12.9. The van der Waals surface area contributed by atoms with Crippen molar-refractivity contribution in [1.29, 1.82) is 0 Å². The van der Waals surface area contributed by atoms with Crippen LogP contribution in [0.2, 0.25) is 0 Å². The van der Waals surface area contributed by atoms with Crippen LogP contribution in [0.15, 0.2) is 72.8 Å². The molecule has 0 heterocycles. The molecule has 1 aliphatic carbocycles. The summed E-state index contributed by atoms with van der Waals surface area (Å²) in [4.78, 5) is 0. The fourth-order valence-corrected chi connectivity index (χ4v) is 6.49. The average Bonchev–Trinajstić information content (AvgIpc) is 3.04. The number of hydrogen-bond donors (Lipinski definition) is 0. The van der Waals surface area contributed by atoms with Crippen LogP contribution in [0.3, 0.4) is 0 Å².